The molecule has 36 heavy (non-hydrogen) atoms. The summed E-state index contributed by atoms with van der Waals surface area (Å²) < 4.78 is 25.5. The van der Waals surface area contributed by atoms with E-state index in [4.69, 9.17) is 9.47 Å². The van der Waals surface area contributed by atoms with E-state index in [0.29, 0.717) is 35.5 Å². The Labute approximate surface area is 212 Å². The molecule has 2 aliphatic heterocycles. The minimum absolute atomic E-state index is 0.232. The maximum absolute atomic E-state index is 13.7. The van der Waals surface area contributed by atoms with Gasteiger partial charge in [-0.25, -0.2) is 14.4 Å². The van der Waals surface area contributed by atoms with E-state index in [-0.39, 0.29) is 5.82 Å². The maximum Gasteiger partial charge on any atom is 0.162 e. The molecular formula is C28H36FN5O2. The van der Waals surface area contributed by atoms with E-state index in [1.165, 1.54) is 44.9 Å². The SMILES string of the molecule is CCN1CCC2CCN(CCCOc3cc4c(Nc5ccc(F)c(C)c5)ncnc4cc3OC)C2C1. The second-order valence-electron chi connectivity index (χ2n) is 9.87. The number of likely N-dealkylation sites (N-methyl/N-ethyl adjacent to an activating group) is 1. The molecule has 3 heterocycles. The molecule has 5 rings (SSSR count). The first-order valence-corrected chi connectivity index (χ1v) is 13.0. The van der Waals surface area contributed by atoms with Crippen molar-refractivity contribution in [2.75, 3.05) is 51.8 Å². The Bertz CT molecular complexity index is 1210. The van der Waals surface area contributed by atoms with E-state index in [1.807, 2.05) is 12.1 Å². The number of ether oxygens (including phenoxy) is 2. The van der Waals surface area contributed by atoms with Crippen LogP contribution in [-0.4, -0.2) is 72.3 Å². The highest BCUT2D eigenvalue weighted by atomic mass is 19.1. The number of hydrogen-bond acceptors (Lipinski definition) is 7. The van der Waals surface area contributed by atoms with Crippen molar-refractivity contribution in [1.82, 2.24) is 19.8 Å². The molecule has 2 fully saturated rings. The summed E-state index contributed by atoms with van der Waals surface area (Å²) in [5.41, 5.74) is 2.08. The van der Waals surface area contributed by atoms with Crippen molar-refractivity contribution < 1.29 is 13.9 Å². The number of nitrogens with one attached hydrogen (secondary N) is 1. The second-order valence-corrected chi connectivity index (χ2v) is 9.87. The monoisotopic (exact) mass is 493 g/mol. The number of piperidine rings is 1. The predicted octanol–water partition coefficient (Wildman–Crippen LogP) is 5.01. The molecule has 0 bridgehead atoms. The molecule has 3 aromatic rings. The molecule has 8 heteroatoms. The number of likely N-dealkylation sites (tertiary alicyclic amines) is 2. The topological polar surface area (TPSA) is 62.8 Å². The first kappa shape index (κ1) is 24.7. The predicted molar refractivity (Wildman–Crippen MR) is 141 cm³/mol. The number of rotatable bonds is 9. The van der Waals surface area contributed by atoms with Crippen molar-refractivity contribution in [2.24, 2.45) is 5.92 Å². The number of fused-ring (bicyclic) bond motifs is 2. The van der Waals surface area contributed by atoms with E-state index in [1.54, 1.807) is 26.2 Å². The fourth-order valence-corrected chi connectivity index (χ4v) is 5.60. The van der Waals surface area contributed by atoms with E-state index in [0.717, 1.165) is 42.0 Å². The smallest absolute Gasteiger partial charge is 0.162 e. The van der Waals surface area contributed by atoms with E-state index < -0.39 is 0 Å². The third-order valence-corrected chi connectivity index (χ3v) is 7.70. The first-order chi connectivity index (χ1) is 17.6. The third kappa shape index (κ3) is 5.25. The average molecular weight is 494 g/mol. The van der Waals surface area contributed by atoms with E-state index >= 15 is 0 Å². The molecule has 0 spiro atoms. The molecule has 0 saturated carbocycles. The molecule has 0 amide bonds. The number of nitrogens with zero attached hydrogens (tertiary/aromatic N) is 4. The molecule has 0 radical (unpaired) electrons. The highest BCUT2D eigenvalue weighted by Gasteiger charge is 2.37. The van der Waals surface area contributed by atoms with Gasteiger partial charge in [0, 0.05) is 36.3 Å². The summed E-state index contributed by atoms with van der Waals surface area (Å²) in [7, 11) is 1.64. The summed E-state index contributed by atoms with van der Waals surface area (Å²) in [6.45, 7) is 10.4. The molecular weight excluding hydrogens is 457 g/mol. The number of aryl methyl sites for hydroxylation is 1. The van der Waals surface area contributed by atoms with Crippen LogP contribution in [0.2, 0.25) is 0 Å². The van der Waals surface area contributed by atoms with Gasteiger partial charge >= 0.3 is 0 Å². The summed E-state index contributed by atoms with van der Waals surface area (Å²) in [4.78, 5) is 14.1. The lowest BCUT2D eigenvalue weighted by atomic mass is 9.92. The molecule has 7 nitrogen and oxygen atoms in total. The van der Waals surface area contributed by atoms with E-state index in [9.17, 15) is 4.39 Å². The number of aromatic nitrogens is 2. The molecule has 1 aromatic heterocycles. The lowest BCUT2D eigenvalue weighted by molar-refractivity contribution is 0.105. The van der Waals surface area contributed by atoms with Gasteiger partial charge in [0.15, 0.2) is 11.5 Å². The highest BCUT2D eigenvalue weighted by Crippen LogP contribution is 2.35. The summed E-state index contributed by atoms with van der Waals surface area (Å²) >= 11 is 0. The number of halogens is 1. The molecule has 2 atom stereocenters. The Morgan fingerprint density at radius 3 is 2.78 bits per heavy atom. The van der Waals surface area contributed by atoms with Gasteiger partial charge in [0.05, 0.1) is 19.2 Å². The fourth-order valence-electron chi connectivity index (χ4n) is 5.60. The average Bonchev–Trinajstić information content (AvgIpc) is 3.30. The largest absolute Gasteiger partial charge is 0.493 e. The maximum atomic E-state index is 13.7. The van der Waals surface area contributed by atoms with Crippen molar-refractivity contribution in [2.45, 2.75) is 39.2 Å². The normalized spacial score (nSPS) is 20.4. The second kappa shape index (κ2) is 11.0. The Morgan fingerprint density at radius 2 is 1.97 bits per heavy atom. The van der Waals surface area contributed by atoms with Crippen LogP contribution in [0.4, 0.5) is 15.9 Å². The van der Waals surface area contributed by atoms with Gasteiger partial charge in [-0.05, 0) is 81.6 Å². The van der Waals surface area contributed by atoms with Crippen LogP contribution in [-0.2, 0) is 0 Å². The van der Waals surface area contributed by atoms with Gasteiger partial charge in [-0.3, -0.25) is 4.90 Å². The van der Waals surface area contributed by atoms with Crippen LogP contribution in [0.1, 0.15) is 31.7 Å². The number of benzene rings is 2. The summed E-state index contributed by atoms with van der Waals surface area (Å²) in [5, 5.41) is 4.11. The molecule has 1 N–H and O–H groups in total. The molecule has 2 aromatic carbocycles. The van der Waals surface area contributed by atoms with Gasteiger partial charge in [0.1, 0.15) is 18.0 Å². The number of methoxy groups -OCH3 is 1. The van der Waals surface area contributed by atoms with Crippen LogP contribution in [0.15, 0.2) is 36.7 Å². The van der Waals surface area contributed by atoms with Crippen LogP contribution in [0, 0.1) is 18.7 Å². The van der Waals surface area contributed by atoms with Crippen LogP contribution < -0.4 is 14.8 Å². The van der Waals surface area contributed by atoms with Gasteiger partial charge in [0.25, 0.3) is 0 Å². The minimum atomic E-state index is -0.232. The lowest BCUT2D eigenvalue weighted by Crippen LogP contribution is -2.48. The van der Waals surface area contributed by atoms with Crippen LogP contribution in [0.3, 0.4) is 0 Å². The summed E-state index contributed by atoms with van der Waals surface area (Å²) in [6.07, 6.45) is 5.12. The van der Waals surface area contributed by atoms with Gasteiger partial charge in [-0.15, -0.1) is 0 Å². The first-order valence-electron chi connectivity index (χ1n) is 13.0. The van der Waals surface area contributed by atoms with Crippen LogP contribution in [0.25, 0.3) is 10.9 Å². The van der Waals surface area contributed by atoms with Gasteiger partial charge < -0.3 is 19.7 Å². The number of anilines is 2. The zero-order chi connectivity index (χ0) is 25.1. The molecule has 192 valence electrons. The molecule has 2 unspecified atom stereocenters. The van der Waals surface area contributed by atoms with Gasteiger partial charge in [-0.1, -0.05) is 6.92 Å². The zero-order valence-corrected chi connectivity index (χ0v) is 21.5. The van der Waals surface area contributed by atoms with Crippen molar-refractivity contribution in [3.63, 3.8) is 0 Å². The van der Waals surface area contributed by atoms with Crippen molar-refractivity contribution in [3.8, 4) is 11.5 Å². The van der Waals surface area contributed by atoms with Crippen molar-refractivity contribution in [1.29, 1.82) is 0 Å². The summed E-state index contributed by atoms with van der Waals surface area (Å²) in [5.74, 6) is 2.58. The standard InChI is InChI=1S/C28H36FN5O2/c1-4-33-11-8-20-9-12-34(25(20)17-33)10-5-13-36-27-15-22-24(16-26(27)35-3)30-18-31-28(22)32-21-6-7-23(29)19(2)14-21/h6-7,14-16,18,20,25H,4-5,8-13,17H2,1-3H3,(H,30,31,32). The zero-order valence-electron chi connectivity index (χ0n) is 21.5. The lowest BCUT2D eigenvalue weighted by Gasteiger charge is -2.38. The molecule has 2 saturated heterocycles. The molecule has 2 aliphatic rings. The number of hydrogen-bond donors (Lipinski definition) is 1. The van der Waals surface area contributed by atoms with E-state index in [2.05, 4.69) is 32.0 Å². The van der Waals surface area contributed by atoms with Crippen LogP contribution in [0.5, 0.6) is 11.5 Å². The van der Waals surface area contributed by atoms with Crippen molar-refractivity contribution >= 4 is 22.4 Å². The third-order valence-electron chi connectivity index (χ3n) is 7.70. The minimum Gasteiger partial charge on any atom is -0.493 e. The Balaban J connectivity index is 1.26. The molecule has 0 aliphatic carbocycles. The van der Waals surface area contributed by atoms with Gasteiger partial charge in [-0.2, -0.15) is 0 Å². The fraction of sp³-hybridized carbons (Fsp3) is 0.500. The van der Waals surface area contributed by atoms with Gasteiger partial charge in [0.2, 0.25) is 0 Å². The van der Waals surface area contributed by atoms with Crippen LogP contribution >= 0.6 is 0 Å². The Hall–Kier alpha value is -2.97. The Kier molecular flexibility index (Phi) is 7.53. The highest BCUT2D eigenvalue weighted by molar-refractivity contribution is 5.93. The summed E-state index contributed by atoms with van der Waals surface area (Å²) in [6, 6.07) is 9.41. The van der Waals surface area contributed by atoms with Crippen molar-refractivity contribution in [3.05, 3.63) is 48.0 Å². The quantitative estimate of drug-likeness (QED) is 0.420. The Morgan fingerprint density at radius 1 is 1.11 bits per heavy atom.